The molecule has 0 aliphatic carbocycles. The maximum Gasteiger partial charge on any atom is 0.191 e. The third-order valence-electron chi connectivity index (χ3n) is 4.70. The third kappa shape index (κ3) is 4.95. The lowest BCUT2D eigenvalue weighted by Crippen LogP contribution is -2.51. The second-order valence-corrected chi connectivity index (χ2v) is 7.49. The Morgan fingerprint density at radius 2 is 2.04 bits per heavy atom. The van der Waals surface area contributed by atoms with Gasteiger partial charge in [0, 0.05) is 44.3 Å². The van der Waals surface area contributed by atoms with Gasteiger partial charge >= 0.3 is 0 Å². The molecule has 0 unspecified atom stereocenters. The lowest BCUT2D eigenvalue weighted by atomic mass is 10.1. The number of aliphatic imine (C=N–C) groups is 1. The van der Waals surface area contributed by atoms with Crippen molar-refractivity contribution < 1.29 is 0 Å². The van der Waals surface area contributed by atoms with Gasteiger partial charge in [0.25, 0.3) is 0 Å². The van der Waals surface area contributed by atoms with E-state index in [0.29, 0.717) is 12.5 Å². The average molecular weight is 373 g/mol. The first kappa shape index (κ1) is 18.7. The van der Waals surface area contributed by atoms with Crippen LogP contribution in [0.4, 0.5) is 5.13 Å². The molecule has 2 aromatic rings. The fourth-order valence-electron chi connectivity index (χ4n) is 3.02. The number of thiazole rings is 1. The highest BCUT2D eigenvalue weighted by Crippen LogP contribution is 2.18. The fourth-order valence-corrected chi connectivity index (χ4v) is 3.72. The minimum atomic E-state index is 0.627. The zero-order valence-corrected chi connectivity index (χ0v) is 16.5. The molecule has 140 valence electrons. The number of guanidine groups is 1. The van der Waals surface area contributed by atoms with Gasteiger partial charge in [-0.15, -0.1) is 11.3 Å². The number of hydrogen-bond acceptors (Lipinski definition) is 5. The summed E-state index contributed by atoms with van der Waals surface area (Å²) in [5.41, 5.74) is 8.76. The predicted octanol–water partition coefficient (Wildman–Crippen LogP) is 2.23. The van der Waals surface area contributed by atoms with Crippen molar-refractivity contribution in [1.29, 1.82) is 0 Å². The van der Waals surface area contributed by atoms with Crippen molar-refractivity contribution >= 4 is 22.4 Å². The molecule has 1 fully saturated rings. The van der Waals surface area contributed by atoms with Crippen molar-refractivity contribution in [3.05, 3.63) is 47.0 Å². The normalized spacial score (nSPS) is 15.7. The summed E-state index contributed by atoms with van der Waals surface area (Å²) in [7, 11) is 2.13. The van der Waals surface area contributed by atoms with Crippen LogP contribution in [0.5, 0.6) is 0 Å². The van der Waals surface area contributed by atoms with E-state index in [1.54, 1.807) is 11.3 Å². The van der Waals surface area contributed by atoms with Crippen LogP contribution in [-0.4, -0.2) is 60.5 Å². The monoisotopic (exact) mass is 372 g/mol. The van der Waals surface area contributed by atoms with Crippen LogP contribution in [0.2, 0.25) is 0 Å². The van der Waals surface area contributed by atoms with Gasteiger partial charge in [-0.3, -0.25) is 0 Å². The van der Waals surface area contributed by atoms with Crippen LogP contribution in [0.25, 0.3) is 0 Å². The van der Waals surface area contributed by atoms with E-state index >= 15 is 0 Å². The van der Waals surface area contributed by atoms with Crippen LogP contribution < -0.4 is 10.6 Å². The maximum absolute atomic E-state index is 6.24. The molecule has 0 saturated carbocycles. The van der Waals surface area contributed by atoms with E-state index in [1.165, 1.54) is 11.1 Å². The molecule has 7 heteroatoms. The van der Waals surface area contributed by atoms with Crippen molar-refractivity contribution in [2.24, 2.45) is 10.7 Å². The van der Waals surface area contributed by atoms with Gasteiger partial charge in [0.05, 0.1) is 6.54 Å². The number of piperazine rings is 1. The van der Waals surface area contributed by atoms with Crippen molar-refractivity contribution in [1.82, 2.24) is 14.8 Å². The molecule has 2 heterocycles. The molecule has 0 bridgehead atoms. The van der Waals surface area contributed by atoms with E-state index in [4.69, 9.17) is 5.73 Å². The molecule has 0 atom stereocenters. The highest BCUT2D eigenvalue weighted by atomic mass is 32.1. The van der Waals surface area contributed by atoms with E-state index in [9.17, 15) is 0 Å². The summed E-state index contributed by atoms with van der Waals surface area (Å²) < 4.78 is 0. The predicted molar refractivity (Wildman–Crippen MR) is 110 cm³/mol. The Kier molecular flexibility index (Phi) is 6.46. The van der Waals surface area contributed by atoms with Gasteiger partial charge < -0.3 is 20.4 Å². The number of benzene rings is 1. The molecular formula is C19H28N6S. The van der Waals surface area contributed by atoms with Gasteiger partial charge in [-0.25, -0.2) is 9.98 Å². The molecule has 1 aliphatic heterocycles. The molecule has 1 aromatic heterocycles. The zero-order valence-electron chi connectivity index (χ0n) is 15.6. The fraction of sp³-hybridized carbons (Fsp3) is 0.474. The number of nitrogens with zero attached hydrogens (tertiary/aromatic N) is 5. The van der Waals surface area contributed by atoms with E-state index in [-0.39, 0.29) is 0 Å². The highest BCUT2D eigenvalue weighted by Gasteiger charge is 2.19. The molecule has 26 heavy (non-hydrogen) atoms. The van der Waals surface area contributed by atoms with Crippen LogP contribution >= 0.6 is 11.3 Å². The number of hydrogen-bond donors (Lipinski definition) is 1. The Bertz CT molecular complexity index is 707. The summed E-state index contributed by atoms with van der Waals surface area (Å²) >= 11 is 1.68. The van der Waals surface area contributed by atoms with Crippen molar-refractivity contribution in [3.63, 3.8) is 0 Å². The largest absolute Gasteiger partial charge is 0.370 e. The van der Waals surface area contributed by atoms with Crippen molar-refractivity contribution in [3.8, 4) is 0 Å². The molecule has 1 aliphatic rings. The summed E-state index contributed by atoms with van der Waals surface area (Å²) in [6.45, 7) is 8.44. The zero-order chi connectivity index (χ0) is 18.4. The minimum absolute atomic E-state index is 0.627. The molecule has 2 N–H and O–H groups in total. The quantitative estimate of drug-likeness (QED) is 0.622. The smallest absolute Gasteiger partial charge is 0.191 e. The van der Waals surface area contributed by atoms with Crippen LogP contribution in [0.3, 0.4) is 0 Å². The van der Waals surface area contributed by atoms with E-state index in [2.05, 4.69) is 62.9 Å². The third-order valence-corrected chi connectivity index (χ3v) is 5.53. The van der Waals surface area contributed by atoms with Gasteiger partial charge in [0.1, 0.15) is 0 Å². The van der Waals surface area contributed by atoms with Crippen LogP contribution in [0.15, 0.2) is 40.8 Å². The van der Waals surface area contributed by atoms with Crippen LogP contribution in [0, 0.1) is 0 Å². The SMILES string of the molecule is CCN(C)Cc1cccc(CN=C(N)N2CCN(c3nccs3)CC2)c1. The van der Waals surface area contributed by atoms with E-state index in [1.807, 2.05) is 11.6 Å². The van der Waals surface area contributed by atoms with Crippen molar-refractivity contribution in [2.45, 2.75) is 20.0 Å². The van der Waals surface area contributed by atoms with E-state index in [0.717, 1.165) is 44.4 Å². The highest BCUT2D eigenvalue weighted by molar-refractivity contribution is 7.13. The van der Waals surface area contributed by atoms with Crippen molar-refractivity contribution in [2.75, 3.05) is 44.7 Å². The Balaban J connectivity index is 1.53. The van der Waals surface area contributed by atoms with Gasteiger partial charge in [-0.1, -0.05) is 31.2 Å². The topological polar surface area (TPSA) is 61.0 Å². The number of anilines is 1. The maximum atomic E-state index is 6.24. The molecule has 1 aromatic carbocycles. The van der Waals surface area contributed by atoms with Gasteiger partial charge in [0.15, 0.2) is 11.1 Å². The lowest BCUT2D eigenvalue weighted by molar-refractivity contribution is 0.345. The molecule has 3 rings (SSSR count). The van der Waals surface area contributed by atoms with Gasteiger partial charge in [-0.05, 0) is 24.7 Å². The first-order valence-electron chi connectivity index (χ1n) is 9.11. The minimum Gasteiger partial charge on any atom is -0.370 e. The summed E-state index contributed by atoms with van der Waals surface area (Å²) in [6.07, 6.45) is 1.86. The summed E-state index contributed by atoms with van der Waals surface area (Å²) in [5.74, 6) is 0.639. The molecule has 6 nitrogen and oxygen atoms in total. The number of aromatic nitrogens is 1. The summed E-state index contributed by atoms with van der Waals surface area (Å²) in [5, 5.41) is 3.11. The molecule has 1 saturated heterocycles. The first-order valence-corrected chi connectivity index (χ1v) is 9.99. The van der Waals surface area contributed by atoms with Crippen LogP contribution in [0.1, 0.15) is 18.1 Å². The average Bonchev–Trinajstić information content (AvgIpc) is 3.21. The number of rotatable bonds is 6. The molecule has 0 radical (unpaired) electrons. The van der Waals surface area contributed by atoms with Gasteiger partial charge in [0.2, 0.25) is 0 Å². The second kappa shape index (κ2) is 9.00. The Morgan fingerprint density at radius 3 is 2.73 bits per heavy atom. The lowest BCUT2D eigenvalue weighted by Gasteiger charge is -2.35. The van der Waals surface area contributed by atoms with E-state index < -0.39 is 0 Å². The molecule has 0 amide bonds. The molecular weight excluding hydrogens is 344 g/mol. The second-order valence-electron chi connectivity index (χ2n) is 6.61. The Labute approximate surface area is 160 Å². The summed E-state index contributed by atoms with van der Waals surface area (Å²) in [6, 6.07) is 8.61. The molecule has 0 spiro atoms. The van der Waals surface area contributed by atoms with Crippen LogP contribution in [-0.2, 0) is 13.1 Å². The Morgan fingerprint density at radius 1 is 1.27 bits per heavy atom. The first-order chi connectivity index (χ1) is 12.7. The van der Waals surface area contributed by atoms with Gasteiger partial charge in [-0.2, -0.15) is 0 Å². The Hall–Kier alpha value is -2.12. The summed E-state index contributed by atoms with van der Waals surface area (Å²) in [4.78, 5) is 15.8. The standard InChI is InChI=1S/C19H28N6S/c1-3-23(2)15-17-6-4-5-16(13-17)14-22-18(20)24-8-10-25(11-9-24)19-21-7-12-26-19/h4-7,12-13H,3,8-11,14-15H2,1-2H3,(H2,20,22). The number of nitrogens with two attached hydrogens (primary N) is 1.